The van der Waals surface area contributed by atoms with E-state index in [0.29, 0.717) is 5.25 Å². The van der Waals surface area contributed by atoms with Gasteiger partial charge in [-0.15, -0.1) is 35.7 Å². The van der Waals surface area contributed by atoms with Crippen LogP contribution in [0.15, 0.2) is 40.2 Å². The van der Waals surface area contributed by atoms with Crippen LogP contribution in [0.25, 0.3) is 0 Å². The van der Waals surface area contributed by atoms with Crippen LogP contribution in [0, 0.1) is 5.92 Å². The summed E-state index contributed by atoms with van der Waals surface area (Å²) in [6, 6.07) is 10.5. The van der Waals surface area contributed by atoms with Gasteiger partial charge in [0, 0.05) is 23.2 Å². The molecule has 1 aromatic carbocycles. The number of likely N-dealkylation sites (tertiary alicyclic amines) is 1. The molecular formula is C16H26IN3S. The van der Waals surface area contributed by atoms with Gasteiger partial charge in [0.1, 0.15) is 0 Å². The molecule has 1 fully saturated rings. The smallest absolute Gasteiger partial charge is 0.191 e. The fraction of sp³-hybridized carbons (Fsp3) is 0.562. The average molecular weight is 419 g/mol. The Morgan fingerprint density at radius 2 is 2.14 bits per heavy atom. The molecule has 0 bridgehead atoms. The number of thioether (sulfide) groups is 1. The number of nitrogens with two attached hydrogens (primary N) is 1. The monoisotopic (exact) mass is 419 g/mol. The molecule has 0 radical (unpaired) electrons. The fourth-order valence-corrected chi connectivity index (χ4v) is 3.42. The summed E-state index contributed by atoms with van der Waals surface area (Å²) in [7, 11) is 0. The number of hydrogen-bond donors (Lipinski definition) is 1. The Balaban J connectivity index is 0.00000220. The lowest BCUT2D eigenvalue weighted by Gasteiger charge is -2.31. The molecule has 2 atom stereocenters. The maximum absolute atomic E-state index is 6.12. The van der Waals surface area contributed by atoms with E-state index < -0.39 is 0 Å². The fourth-order valence-electron chi connectivity index (χ4n) is 2.49. The second kappa shape index (κ2) is 9.56. The minimum absolute atomic E-state index is 0. The van der Waals surface area contributed by atoms with Gasteiger partial charge in [-0.3, -0.25) is 4.99 Å². The predicted octanol–water partition coefficient (Wildman–Crippen LogP) is 3.83. The summed E-state index contributed by atoms with van der Waals surface area (Å²) in [4.78, 5) is 8.10. The highest BCUT2D eigenvalue weighted by atomic mass is 127. The van der Waals surface area contributed by atoms with Crippen LogP contribution >= 0.6 is 35.7 Å². The third kappa shape index (κ3) is 6.46. The first kappa shape index (κ1) is 18.6. The van der Waals surface area contributed by atoms with E-state index in [1.807, 2.05) is 17.8 Å². The number of benzene rings is 1. The van der Waals surface area contributed by atoms with Crippen LogP contribution in [-0.2, 0) is 0 Å². The second-order valence-electron chi connectivity index (χ2n) is 5.63. The minimum atomic E-state index is 0. The van der Waals surface area contributed by atoms with Crippen molar-refractivity contribution in [3.05, 3.63) is 30.3 Å². The van der Waals surface area contributed by atoms with Crippen molar-refractivity contribution in [2.24, 2.45) is 16.6 Å². The van der Waals surface area contributed by atoms with Crippen LogP contribution < -0.4 is 5.73 Å². The van der Waals surface area contributed by atoms with Crippen molar-refractivity contribution in [3.8, 4) is 0 Å². The molecule has 2 rings (SSSR count). The molecule has 0 spiro atoms. The zero-order chi connectivity index (χ0) is 14.4. The van der Waals surface area contributed by atoms with E-state index in [0.717, 1.165) is 31.5 Å². The number of piperidine rings is 1. The number of hydrogen-bond acceptors (Lipinski definition) is 2. The maximum Gasteiger partial charge on any atom is 0.191 e. The third-order valence-corrected chi connectivity index (χ3v) is 4.67. The van der Waals surface area contributed by atoms with Gasteiger partial charge in [-0.2, -0.15) is 0 Å². The molecule has 118 valence electrons. The molecule has 2 unspecified atom stereocenters. The SMILES string of the molecule is CC1CCCN(C(N)=NCC(C)Sc2ccccc2)C1.I. The Morgan fingerprint density at radius 3 is 2.81 bits per heavy atom. The molecule has 1 heterocycles. The summed E-state index contributed by atoms with van der Waals surface area (Å²) in [5.41, 5.74) is 6.12. The summed E-state index contributed by atoms with van der Waals surface area (Å²) >= 11 is 1.85. The summed E-state index contributed by atoms with van der Waals surface area (Å²) in [6.45, 7) is 7.37. The minimum Gasteiger partial charge on any atom is -0.370 e. The van der Waals surface area contributed by atoms with Gasteiger partial charge in [-0.25, -0.2) is 0 Å². The predicted molar refractivity (Wildman–Crippen MR) is 104 cm³/mol. The highest BCUT2D eigenvalue weighted by Crippen LogP contribution is 2.22. The second-order valence-corrected chi connectivity index (χ2v) is 7.15. The topological polar surface area (TPSA) is 41.6 Å². The Morgan fingerprint density at radius 1 is 1.43 bits per heavy atom. The van der Waals surface area contributed by atoms with Crippen molar-refractivity contribution in [2.75, 3.05) is 19.6 Å². The van der Waals surface area contributed by atoms with Gasteiger partial charge in [0.15, 0.2) is 5.96 Å². The molecule has 0 saturated carbocycles. The van der Waals surface area contributed by atoms with Crippen LogP contribution in [0.1, 0.15) is 26.7 Å². The number of aliphatic imine (C=N–C) groups is 1. The summed E-state index contributed by atoms with van der Waals surface area (Å²) < 4.78 is 0. The zero-order valence-electron chi connectivity index (χ0n) is 12.9. The number of nitrogens with zero attached hydrogens (tertiary/aromatic N) is 2. The van der Waals surface area contributed by atoms with Crippen molar-refractivity contribution in [2.45, 2.75) is 36.8 Å². The Bertz CT molecular complexity index is 438. The Kier molecular flexibility index (Phi) is 8.48. The van der Waals surface area contributed by atoms with Gasteiger partial charge in [-0.05, 0) is 30.9 Å². The summed E-state index contributed by atoms with van der Waals surface area (Å²) in [6.07, 6.45) is 2.54. The molecule has 1 aliphatic rings. The number of guanidine groups is 1. The number of halogens is 1. The molecule has 1 aromatic rings. The van der Waals surface area contributed by atoms with Crippen molar-refractivity contribution in [1.82, 2.24) is 4.90 Å². The highest BCUT2D eigenvalue weighted by molar-refractivity contribution is 14.0. The summed E-state index contributed by atoms with van der Waals surface area (Å²) in [5, 5.41) is 0.443. The average Bonchev–Trinajstić information content (AvgIpc) is 2.46. The largest absolute Gasteiger partial charge is 0.370 e. The van der Waals surface area contributed by atoms with Crippen LogP contribution in [0.3, 0.4) is 0 Å². The van der Waals surface area contributed by atoms with Crippen molar-refractivity contribution < 1.29 is 0 Å². The van der Waals surface area contributed by atoms with E-state index in [9.17, 15) is 0 Å². The first-order valence-corrected chi connectivity index (χ1v) is 8.29. The van der Waals surface area contributed by atoms with Gasteiger partial charge in [0.05, 0.1) is 6.54 Å². The van der Waals surface area contributed by atoms with E-state index in [-0.39, 0.29) is 24.0 Å². The molecule has 0 aromatic heterocycles. The van der Waals surface area contributed by atoms with Crippen LogP contribution in [0.2, 0.25) is 0 Å². The van der Waals surface area contributed by atoms with Crippen LogP contribution in [-0.4, -0.2) is 35.7 Å². The molecule has 0 amide bonds. The van der Waals surface area contributed by atoms with Gasteiger partial charge in [0.25, 0.3) is 0 Å². The normalized spacial score (nSPS) is 20.8. The van der Waals surface area contributed by atoms with Crippen LogP contribution in [0.5, 0.6) is 0 Å². The third-order valence-electron chi connectivity index (χ3n) is 3.57. The summed E-state index contributed by atoms with van der Waals surface area (Å²) in [5.74, 6) is 1.45. The van der Waals surface area contributed by atoms with Gasteiger partial charge < -0.3 is 10.6 Å². The first-order valence-electron chi connectivity index (χ1n) is 7.41. The molecule has 0 aliphatic carbocycles. The maximum atomic E-state index is 6.12. The lowest BCUT2D eigenvalue weighted by molar-refractivity contribution is 0.270. The zero-order valence-corrected chi connectivity index (χ0v) is 16.0. The van der Waals surface area contributed by atoms with Crippen molar-refractivity contribution in [1.29, 1.82) is 0 Å². The number of rotatable bonds is 4. The first-order chi connectivity index (χ1) is 9.65. The van der Waals surface area contributed by atoms with E-state index in [1.165, 1.54) is 17.7 Å². The standard InChI is InChI=1S/C16H25N3S.HI/c1-13-7-6-10-19(12-13)16(17)18-11-14(2)20-15-8-4-3-5-9-15;/h3-5,8-9,13-14H,6-7,10-12H2,1-2H3,(H2,17,18);1H. The quantitative estimate of drug-likeness (QED) is 0.349. The lowest BCUT2D eigenvalue weighted by Crippen LogP contribution is -2.43. The van der Waals surface area contributed by atoms with Crippen LogP contribution in [0.4, 0.5) is 0 Å². The molecular weight excluding hydrogens is 393 g/mol. The lowest BCUT2D eigenvalue weighted by atomic mass is 10.0. The van der Waals surface area contributed by atoms with Gasteiger partial charge in [-0.1, -0.05) is 32.0 Å². The molecule has 5 heteroatoms. The molecule has 1 aliphatic heterocycles. The molecule has 3 nitrogen and oxygen atoms in total. The highest BCUT2D eigenvalue weighted by Gasteiger charge is 2.17. The van der Waals surface area contributed by atoms with Gasteiger partial charge in [0.2, 0.25) is 0 Å². The molecule has 1 saturated heterocycles. The Labute approximate surface area is 149 Å². The van der Waals surface area contributed by atoms with Crippen molar-refractivity contribution >= 4 is 41.7 Å². The van der Waals surface area contributed by atoms with E-state index in [2.05, 4.69) is 48.0 Å². The van der Waals surface area contributed by atoms with E-state index in [4.69, 9.17) is 5.73 Å². The molecule has 2 N–H and O–H groups in total. The van der Waals surface area contributed by atoms with E-state index in [1.54, 1.807) is 0 Å². The van der Waals surface area contributed by atoms with Gasteiger partial charge >= 0.3 is 0 Å². The van der Waals surface area contributed by atoms with Crippen molar-refractivity contribution in [3.63, 3.8) is 0 Å². The molecule has 21 heavy (non-hydrogen) atoms. The van der Waals surface area contributed by atoms with E-state index >= 15 is 0 Å². The Hall–Kier alpha value is -0.430.